The molecule has 0 atom stereocenters. The number of nitrogens with one attached hydrogen (secondary N) is 3. The smallest absolute Gasteiger partial charge is 0.240 e. The highest BCUT2D eigenvalue weighted by molar-refractivity contribution is 7.89. The van der Waals surface area contributed by atoms with Crippen molar-refractivity contribution in [1.82, 2.24) is 15.4 Å². The highest BCUT2D eigenvalue weighted by Gasteiger charge is 2.17. The summed E-state index contributed by atoms with van der Waals surface area (Å²) in [5.74, 6) is -0.140. The van der Waals surface area contributed by atoms with Crippen molar-refractivity contribution in [3.63, 3.8) is 0 Å². The summed E-state index contributed by atoms with van der Waals surface area (Å²) in [4.78, 5) is 11.9. The van der Waals surface area contributed by atoms with Crippen LogP contribution in [0.2, 0.25) is 0 Å². The molecule has 7 heteroatoms. The molecule has 1 aliphatic carbocycles. The maximum Gasteiger partial charge on any atom is 0.240 e. The molecule has 0 unspecified atom stereocenters. The lowest BCUT2D eigenvalue weighted by atomic mass is 9.92. The molecular weight excluding hydrogens is 326 g/mol. The number of amides is 1. The predicted octanol–water partition coefficient (Wildman–Crippen LogP) is 0.960. The van der Waals surface area contributed by atoms with Crippen molar-refractivity contribution in [2.45, 2.75) is 43.4 Å². The van der Waals surface area contributed by atoms with E-state index in [1.807, 2.05) is 13.1 Å². The molecule has 1 aromatic rings. The second-order valence-corrected chi connectivity index (χ2v) is 7.86. The van der Waals surface area contributed by atoms with Crippen molar-refractivity contribution in [2.75, 3.05) is 26.7 Å². The fourth-order valence-corrected chi connectivity index (χ4v) is 3.92. The third-order valence-electron chi connectivity index (χ3n) is 4.20. The second-order valence-electron chi connectivity index (χ2n) is 6.09. The second kappa shape index (κ2) is 9.15. The van der Waals surface area contributed by atoms with E-state index in [1.165, 1.54) is 12.0 Å². The van der Waals surface area contributed by atoms with Crippen LogP contribution in [0.1, 0.15) is 36.8 Å². The monoisotopic (exact) mass is 353 g/mol. The lowest BCUT2D eigenvalue weighted by Crippen LogP contribution is -2.32. The Morgan fingerprint density at radius 2 is 1.83 bits per heavy atom. The molecule has 6 nitrogen and oxygen atoms in total. The zero-order valence-electron chi connectivity index (χ0n) is 14.2. The number of benzene rings is 1. The van der Waals surface area contributed by atoms with Gasteiger partial charge in [0.25, 0.3) is 0 Å². The summed E-state index contributed by atoms with van der Waals surface area (Å²) in [7, 11) is -1.70. The van der Waals surface area contributed by atoms with Gasteiger partial charge in [0.05, 0.1) is 4.90 Å². The number of carbonyl (C=O) groups excluding carboxylic acids is 1. The lowest BCUT2D eigenvalue weighted by molar-refractivity contribution is -0.120. The van der Waals surface area contributed by atoms with Crippen LogP contribution in [0.25, 0.3) is 0 Å². The molecule has 2 rings (SSSR count). The van der Waals surface area contributed by atoms with Gasteiger partial charge in [0.2, 0.25) is 15.9 Å². The molecule has 0 bridgehead atoms. The van der Waals surface area contributed by atoms with Gasteiger partial charge < -0.3 is 10.6 Å². The van der Waals surface area contributed by atoms with Gasteiger partial charge in [-0.1, -0.05) is 6.07 Å². The summed E-state index contributed by atoms with van der Waals surface area (Å²) in [5.41, 5.74) is 2.38. The molecule has 0 aromatic heterocycles. The molecular formula is C17H27N3O3S. The van der Waals surface area contributed by atoms with Gasteiger partial charge in [-0.2, -0.15) is 0 Å². The van der Waals surface area contributed by atoms with Crippen LogP contribution < -0.4 is 15.4 Å². The minimum absolute atomic E-state index is 0.108. The molecule has 24 heavy (non-hydrogen) atoms. The summed E-state index contributed by atoms with van der Waals surface area (Å²) in [6.45, 7) is 1.54. The average molecular weight is 353 g/mol. The number of sulfonamides is 1. The average Bonchev–Trinajstić information content (AvgIpc) is 2.58. The first-order valence-corrected chi connectivity index (χ1v) is 10.0. The van der Waals surface area contributed by atoms with Crippen molar-refractivity contribution in [1.29, 1.82) is 0 Å². The quantitative estimate of drug-likeness (QED) is 0.577. The van der Waals surface area contributed by atoms with Gasteiger partial charge in [0.1, 0.15) is 0 Å². The third-order valence-corrected chi connectivity index (χ3v) is 5.66. The van der Waals surface area contributed by atoms with E-state index in [0.29, 0.717) is 6.54 Å². The van der Waals surface area contributed by atoms with Crippen molar-refractivity contribution in [3.8, 4) is 0 Å². The molecule has 3 N–H and O–H groups in total. The molecule has 1 amide bonds. The molecule has 0 fully saturated rings. The topological polar surface area (TPSA) is 87.3 Å². The normalized spacial score (nSPS) is 14.2. The number of carbonyl (C=O) groups is 1. The van der Waals surface area contributed by atoms with Gasteiger partial charge in [-0.25, -0.2) is 13.1 Å². The van der Waals surface area contributed by atoms with Gasteiger partial charge in [-0.05, 0) is 69.0 Å². The van der Waals surface area contributed by atoms with Crippen LogP contribution in [0.3, 0.4) is 0 Å². The van der Waals surface area contributed by atoms with E-state index in [-0.39, 0.29) is 23.8 Å². The Kier molecular flexibility index (Phi) is 7.20. The Bertz CT molecular complexity index is 659. The third kappa shape index (κ3) is 5.58. The first kappa shape index (κ1) is 18.9. The fourth-order valence-electron chi connectivity index (χ4n) is 2.84. The SMILES string of the molecule is CNCCCNC(=O)CCNS(=O)(=O)c1ccc2c(c1)CCCC2. The number of aryl methyl sites for hydroxylation is 2. The molecule has 0 heterocycles. The standard InChI is InChI=1S/C17H27N3O3S/c1-18-10-4-11-19-17(21)9-12-20-24(22,23)16-8-7-14-5-2-3-6-15(14)13-16/h7-8,13,18,20H,2-6,9-12H2,1H3,(H,19,21). The molecule has 0 spiro atoms. The van der Waals surface area contributed by atoms with Crippen molar-refractivity contribution in [2.24, 2.45) is 0 Å². The van der Waals surface area contributed by atoms with Gasteiger partial charge in [-0.3, -0.25) is 4.79 Å². The molecule has 0 saturated heterocycles. The van der Waals surface area contributed by atoms with Crippen molar-refractivity contribution in [3.05, 3.63) is 29.3 Å². The van der Waals surface area contributed by atoms with Gasteiger partial charge >= 0.3 is 0 Å². The van der Waals surface area contributed by atoms with Crippen LogP contribution in [0.15, 0.2) is 23.1 Å². The number of hydrogen-bond donors (Lipinski definition) is 3. The van der Waals surface area contributed by atoms with E-state index in [9.17, 15) is 13.2 Å². The molecule has 0 saturated carbocycles. The summed E-state index contributed by atoms with van der Waals surface area (Å²) >= 11 is 0. The zero-order valence-corrected chi connectivity index (χ0v) is 15.0. The summed E-state index contributed by atoms with van der Waals surface area (Å²) in [6, 6.07) is 5.34. The first-order valence-electron chi connectivity index (χ1n) is 8.56. The molecule has 1 aliphatic rings. The van der Waals surface area contributed by atoms with E-state index in [0.717, 1.165) is 37.8 Å². The van der Waals surface area contributed by atoms with Crippen LogP contribution in [-0.4, -0.2) is 41.0 Å². The van der Waals surface area contributed by atoms with E-state index in [4.69, 9.17) is 0 Å². The van der Waals surface area contributed by atoms with Gasteiger partial charge in [0.15, 0.2) is 0 Å². The summed E-state index contributed by atoms with van der Waals surface area (Å²) < 4.78 is 27.2. The van der Waals surface area contributed by atoms with E-state index < -0.39 is 10.0 Å². The Hall–Kier alpha value is -1.44. The van der Waals surface area contributed by atoms with Gasteiger partial charge in [-0.15, -0.1) is 0 Å². The van der Waals surface area contributed by atoms with Gasteiger partial charge in [0, 0.05) is 19.5 Å². The number of fused-ring (bicyclic) bond motifs is 1. The lowest BCUT2D eigenvalue weighted by Gasteiger charge is -2.16. The summed E-state index contributed by atoms with van der Waals surface area (Å²) in [5, 5.41) is 5.77. The fraction of sp³-hybridized carbons (Fsp3) is 0.588. The van der Waals surface area contributed by atoms with Crippen molar-refractivity contribution >= 4 is 15.9 Å². The van der Waals surface area contributed by atoms with Crippen LogP contribution in [0.4, 0.5) is 0 Å². The van der Waals surface area contributed by atoms with Crippen molar-refractivity contribution < 1.29 is 13.2 Å². The first-order chi connectivity index (χ1) is 11.5. The summed E-state index contributed by atoms with van der Waals surface area (Å²) in [6.07, 6.45) is 5.23. The maximum absolute atomic E-state index is 12.3. The Labute approximate surface area is 144 Å². The van der Waals surface area contributed by atoms with E-state index >= 15 is 0 Å². The molecule has 134 valence electrons. The Morgan fingerprint density at radius 1 is 1.08 bits per heavy atom. The highest BCUT2D eigenvalue weighted by atomic mass is 32.2. The van der Waals surface area contributed by atoms with Crippen LogP contribution in [-0.2, 0) is 27.7 Å². The highest BCUT2D eigenvalue weighted by Crippen LogP contribution is 2.23. The minimum Gasteiger partial charge on any atom is -0.356 e. The Morgan fingerprint density at radius 3 is 2.58 bits per heavy atom. The number of rotatable bonds is 9. The zero-order chi connectivity index (χ0) is 17.4. The largest absolute Gasteiger partial charge is 0.356 e. The maximum atomic E-state index is 12.3. The predicted molar refractivity (Wildman–Crippen MR) is 94.4 cm³/mol. The molecule has 1 aromatic carbocycles. The Balaban J connectivity index is 1.82. The van der Waals surface area contributed by atoms with E-state index in [1.54, 1.807) is 12.1 Å². The number of hydrogen-bond acceptors (Lipinski definition) is 4. The van der Waals surface area contributed by atoms with Crippen LogP contribution in [0.5, 0.6) is 0 Å². The molecule has 0 aliphatic heterocycles. The van der Waals surface area contributed by atoms with Crippen LogP contribution >= 0.6 is 0 Å². The van der Waals surface area contributed by atoms with E-state index in [2.05, 4.69) is 15.4 Å². The minimum atomic E-state index is -3.56. The van der Waals surface area contributed by atoms with Crippen LogP contribution in [0, 0.1) is 0 Å². The molecule has 0 radical (unpaired) electrons.